The fourth-order valence-corrected chi connectivity index (χ4v) is 5.25. The molecule has 1 N–H and O–H groups in total. The number of rotatable bonds is 3. The van der Waals surface area contributed by atoms with Gasteiger partial charge >= 0.3 is 0 Å². The molecule has 1 atom stereocenters. The molecule has 1 unspecified atom stereocenters. The molecular formula is C25H25Cl2N3O3S. The first-order valence-electron chi connectivity index (χ1n) is 10.8. The first-order chi connectivity index (χ1) is 16.0. The highest BCUT2D eigenvalue weighted by molar-refractivity contribution is 7.80. The van der Waals surface area contributed by atoms with Gasteiger partial charge in [-0.15, -0.1) is 0 Å². The average Bonchev–Trinajstić information content (AvgIpc) is 2.77. The Kier molecular flexibility index (Phi) is 6.40. The molecule has 34 heavy (non-hydrogen) atoms. The number of anilines is 2. The summed E-state index contributed by atoms with van der Waals surface area (Å²) in [5.74, 6) is -0.335. The summed E-state index contributed by atoms with van der Waals surface area (Å²) in [7, 11) is 3.63. The Bertz CT molecular complexity index is 1260. The Morgan fingerprint density at radius 2 is 1.91 bits per heavy atom. The van der Waals surface area contributed by atoms with E-state index in [9.17, 15) is 9.59 Å². The highest BCUT2D eigenvalue weighted by Gasteiger charge is 2.37. The van der Waals surface area contributed by atoms with Crippen molar-refractivity contribution in [1.29, 1.82) is 0 Å². The summed E-state index contributed by atoms with van der Waals surface area (Å²) in [4.78, 5) is 29.7. The molecule has 0 saturated carbocycles. The van der Waals surface area contributed by atoms with Crippen LogP contribution in [0.25, 0.3) is 6.08 Å². The standard InChI is InChI=1S/C25H25Cl2N3O3S/c1-13-12-25(2,3)29(4)19-11-20(33-5)14(9-15(13)19)10-16-22(31)28-24(34)30(23(16)32)18-8-6-7-17(26)21(18)27/h6-11,13H,12H2,1-5H3,(H,28,31,34)/b16-10-. The van der Waals surface area contributed by atoms with Gasteiger partial charge in [-0.3, -0.25) is 19.8 Å². The van der Waals surface area contributed by atoms with E-state index >= 15 is 0 Å². The fourth-order valence-electron chi connectivity index (χ4n) is 4.60. The van der Waals surface area contributed by atoms with Gasteiger partial charge in [-0.1, -0.05) is 36.2 Å². The van der Waals surface area contributed by atoms with E-state index in [2.05, 4.69) is 38.0 Å². The van der Waals surface area contributed by atoms with Gasteiger partial charge in [0.05, 0.1) is 22.8 Å². The Morgan fingerprint density at radius 1 is 1.21 bits per heavy atom. The van der Waals surface area contributed by atoms with E-state index in [0.717, 1.165) is 17.7 Å². The minimum absolute atomic E-state index is 0.0109. The maximum Gasteiger partial charge on any atom is 0.270 e. The van der Waals surface area contributed by atoms with Gasteiger partial charge in [0.25, 0.3) is 11.8 Å². The van der Waals surface area contributed by atoms with Crippen molar-refractivity contribution in [3.8, 4) is 5.75 Å². The van der Waals surface area contributed by atoms with Crippen LogP contribution >= 0.6 is 35.4 Å². The summed E-state index contributed by atoms with van der Waals surface area (Å²) in [5, 5.41) is 2.96. The van der Waals surface area contributed by atoms with E-state index in [1.807, 2.05) is 12.1 Å². The lowest BCUT2D eigenvalue weighted by Gasteiger charge is -2.45. The molecule has 0 spiro atoms. The van der Waals surface area contributed by atoms with E-state index in [0.29, 0.717) is 17.0 Å². The summed E-state index contributed by atoms with van der Waals surface area (Å²) < 4.78 is 5.65. The van der Waals surface area contributed by atoms with Crippen LogP contribution in [-0.2, 0) is 9.59 Å². The summed E-state index contributed by atoms with van der Waals surface area (Å²) in [6.07, 6.45) is 2.50. The van der Waals surface area contributed by atoms with Gasteiger partial charge in [-0.25, -0.2) is 0 Å². The number of ether oxygens (including phenoxy) is 1. The first-order valence-corrected chi connectivity index (χ1v) is 11.9. The molecule has 6 nitrogen and oxygen atoms in total. The van der Waals surface area contributed by atoms with Gasteiger partial charge in [-0.2, -0.15) is 0 Å². The number of hydrogen-bond acceptors (Lipinski definition) is 5. The smallest absolute Gasteiger partial charge is 0.270 e. The number of fused-ring (bicyclic) bond motifs is 1. The zero-order valence-electron chi connectivity index (χ0n) is 19.5. The zero-order chi connectivity index (χ0) is 24.9. The second kappa shape index (κ2) is 8.87. The van der Waals surface area contributed by atoms with Crippen molar-refractivity contribution in [2.75, 3.05) is 24.0 Å². The fraction of sp³-hybridized carbons (Fsp3) is 0.320. The molecule has 0 bridgehead atoms. The van der Waals surface area contributed by atoms with Gasteiger partial charge < -0.3 is 9.64 Å². The van der Waals surface area contributed by atoms with E-state index in [1.54, 1.807) is 25.3 Å². The van der Waals surface area contributed by atoms with Crippen molar-refractivity contribution in [3.05, 3.63) is 57.1 Å². The zero-order valence-corrected chi connectivity index (χ0v) is 21.9. The number of halogens is 2. The molecule has 0 radical (unpaired) electrons. The lowest BCUT2D eigenvalue weighted by Crippen LogP contribution is -2.54. The summed E-state index contributed by atoms with van der Waals surface area (Å²) >= 11 is 17.8. The quantitative estimate of drug-likeness (QED) is 0.328. The predicted octanol–water partition coefficient (Wildman–Crippen LogP) is 5.56. The average molecular weight is 518 g/mol. The number of thiocarbonyl (C=S) groups is 1. The highest BCUT2D eigenvalue weighted by atomic mass is 35.5. The van der Waals surface area contributed by atoms with Gasteiger partial charge in [0.15, 0.2) is 5.11 Å². The van der Waals surface area contributed by atoms with Crippen LogP contribution in [0.2, 0.25) is 10.0 Å². The molecule has 1 saturated heterocycles. The van der Waals surface area contributed by atoms with E-state index in [4.69, 9.17) is 40.2 Å². The highest BCUT2D eigenvalue weighted by Crippen LogP contribution is 2.45. The summed E-state index contributed by atoms with van der Waals surface area (Å²) in [6.45, 7) is 6.59. The number of carbonyl (C=O) groups excluding carboxylic acids is 2. The van der Waals surface area contributed by atoms with Gasteiger partial charge in [0.1, 0.15) is 11.3 Å². The second-order valence-corrected chi connectivity index (χ2v) is 10.3. The van der Waals surface area contributed by atoms with Crippen LogP contribution in [0.1, 0.15) is 44.2 Å². The lowest BCUT2D eigenvalue weighted by atomic mass is 9.79. The van der Waals surface area contributed by atoms with Crippen molar-refractivity contribution < 1.29 is 14.3 Å². The lowest BCUT2D eigenvalue weighted by molar-refractivity contribution is -0.122. The molecule has 178 valence electrons. The molecule has 4 rings (SSSR count). The van der Waals surface area contributed by atoms with Crippen LogP contribution in [0.3, 0.4) is 0 Å². The molecule has 2 aromatic carbocycles. The van der Waals surface area contributed by atoms with Crippen LogP contribution in [0.15, 0.2) is 35.9 Å². The van der Waals surface area contributed by atoms with Crippen LogP contribution < -0.4 is 19.9 Å². The molecule has 2 aliphatic rings. The third-order valence-electron chi connectivity index (χ3n) is 6.56. The number of nitrogens with one attached hydrogen (secondary N) is 1. The van der Waals surface area contributed by atoms with Crippen molar-refractivity contribution in [1.82, 2.24) is 5.32 Å². The molecular weight excluding hydrogens is 493 g/mol. The molecule has 2 aromatic rings. The Hall–Kier alpha value is -2.61. The maximum absolute atomic E-state index is 13.5. The summed E-state index contributed by atoms with van der Waals surface area (Å²) in [5.41, 5.74) is 3.03. The predicted molar refractivity (Wildman–Crippen MR) is 141 cm³/mol. The van der Waals surface area contributed by atoms with Crippen molar-refractivity contribution in [2.24, 2.45) is 0 Å². The molecule has 2 aliphatic heterocycles. The van der Waals surface area contributed by atoms with Crippen LogP contribution in [0.5, 0.6) is 5.75 Å². The van der Waals surface area contributed by atoms with Crippen molar-refractivity contribution >= 4 is 69.8 Å². The van der Waals surface area contributed by atoms with Gasteiger partial charge in [-0.05, 0) is 68.2 Å². The van der Waals surface area contributed by atoms with Crippen LogP contribution in [0.4, 0.5) is 11.4 Å². The third-order valence-corrected chi connectivity index (χ3v) is 7.65. The molecule has 0 aromatic heterocycles. The number of nitrogens with zero attached hydrogens (tertiary/aromatic N) is 2. The maximum atomic E-state index is 13.5. The van der Waals surface area contributed by atoms with Crippen molar-refractivity contribution in [3.63, 3.8) is 0 Å². The minimum Gasteiger partial charge on any atom is -0.496 e. The number of amides is 2. The number of methoxy groups -OCH3 is 1. The normalized spacial score (nSPS) is 21.0. The van der Waals surface area contributed by atoms with E-state index in [-0.39, 0.29) is 32.2 Å². The Balaban J connectivity index is 1.82. The van der Waals surface area contributed by atoms with E-state index in [1.165, 1.54) is 11.0 Å². The molecule has 9 heteroatoms. The van der Waals surface area contributed by atoms with Gasteiger partial charge in [0, 0.05) is 29.9 Å². The van der Waals surface area contributed by atoms with Crippen LogP contribution in [0, 0.1) is 0 Å². The number of hydrogen-bond donors (Lipinski definition) is 1. The monoisotopic (exact) mass is 517 g/mol. The van der Waals surface area contributed by atoms with Gasteiger partial charge in [0.2, 0.25) is 0 Å². The largest absolute Gasteiger partial charge is 0.496 e. The third kappa shape index (κ3) is 4.06. The van der Waals surface area contributed by atoms with Crippen LogP contribution in [-0.4, -0.2) is 36.6 Å². The molecule has 0 aliphatic carbocycles. The molecule has 1 fully saturated rings. The minimum atomic E-state index is -0.594. The number of benzene rings is 2. The second-order valence-electron chi connectivity index (χ2n) is 9.16. The number of carbonyl (C=O) groups is 2. The van der Waals surface area contributed by atoms with Crippen molar-refractivity contribution in [2.45, 2.75) is 38.6 Å². The SMILES string of the molecule is COc1cc2c(cc1/C=C1/C(=O)NC(=S)N(c3cccc(Cl)c3Cl)C1=O)C(C)CC(C)(C)N2C. The Labute approximate surface area is 214 Å². The summed E-state index contributed by atoms with van der Waals surface area (Å²) in [6, 6.07) is 8.83. The Morgan fingerprint density at radius 3 is 2.59 bits per heavy atom. The molecule has 2 heterocycles. The molecule has 2 amide bonds. The van der Waals surface area contributed by atoms with E-state index < -0.39 is 11.8 Å². The topological polar surface area (TPSA) is 61.9 Å². The first kappa shape index (κ1) is 24.5.